The molecule has 2 spiro atoms. The van der Waals surface area contributed by atoms with Crippen LogP contribution in [0.15, 0.2) is 72.3 Å². The summed E-state index contributed by atoms with van der Waals surface area (Å²) < 4.78 is 6.37. The van der Waals surface area contributed by atoms with E-state index in [1.54, 1.807) is 6.08 Å². The third kappa shape index (κ3) is 6.60. The second-order valence-electron chi connectivity index (χ2n) is 26.2. The average molecular weight is 978 g/mol. The molecule has 9 nitrogen and oxygen atoms in total. The summed E-state index contributed by atoms with van der Waals surface area (Å²) in [6.45, 7) is -0.108. The number of benzene rings is 2. The van der Waals surface area contributed by atoms with Gasteiger partial charge in [-0.25, -0.2) is 4.79 Å². The van der Waals surface area contributed by atoms with Crippen molar-refractivity contribution < 1.29 is 39.9 Å². The molecule has 2 aromatic carbocycles. The first-order chi connectivity index (χ1) is 34.9. The summed E-state index contributed by atoms with van der Waals surface area (Å²) >= 11 is 0. The molecule has 0 amide bonds. The lowest BCUT2D eigenvalue weighted by Crippen LogP contribution is -2.82. The molecule has 9 heteroatoms. The van der Waals surface area contributed by atoms with Crippen LogP contribution in [-0.4, -0.2) is 79.9 Å². The van der Waals surface area contributed by atoms with Gasteiger partial charge in [0.1, 0.15) is 18.0 Å². The van der Waals surface area contributed by atoms with E-state index in [1.807, 2.05) is 25.2 Å². The molecule has 0 unspecified atom stereocenters. The van der Waals surface area contributed by atoms with Gasteiger partial charge in [0.15, 0.2) is 0 Å². The molecule has 4 bridgehead atoms. The lowest BCUT2D eigenvalue weighted by Gasteiger charge is -2.73. The van der Waals surface area contributed by atoms with Gasteiger partial charge in [-0.1, -0.05) is 92.1 Å². The number of nitrogens with one attached hydrogen (secondary N) is 1. The maximum absolute atomic E-state index is 15.2. The fraction of sp³-hybridized carbons (Fsp3) is 0.683. The highest BCUT2D eigenvalue weighted by Gasteiger charge is 2.84. The Bertz CT molecular complexity index is 2600. The number of aryl methyl sites for hydroxylation is 1. The fourth-order valence-corrected chi connectivity index (χ4v) is 21.2. The van der Waals surface area contributed by atoms with Crippen molar-refractivity contribution in [3.8, 4) is 11.8 Å². The number of ether oxygens (including phenoxy) is 1. The molecule has 6 N–H and O–H groups in total. The number of hydrogen-bond donors (Lipinski definition) is 6. The number of carbonyl (C=O) groups excluding carboxylic acids is 2. The Balaban J connectivity index is 0.957. The zero-order chi connectivity index (χ0) is 49.4. The minimum absolute atomic E-state index is 0.0916. The Morgan fingerprint density at radius 2 is 1.72 bits per heavy atom. The normalized spacial score (nSPS) is 47.7. The summed E-state index contributed by atoms with van der Waals surface area (Å²) in [6.07, 6.45) is 21.9. The first kappa shape index (κ1) is 48.1. The molecule has 19 atom stereocenters. The second-order valence-corrected chi connectivity index (χ2v) is 26.2. The van der Waals surface area contributed by atoms with Gasteiger partial charge in [-0.05, 0) is 191 Å². The predicted octanol–water partition coefficient (Wildman–Crippen LogP) is 8.35. The van der Waals surface area contributed by atoms with E-state index in [1.165, 1.54) is 31.2 Å². The van der Waals surface area contributed by atoms with Crippen LogP contribution in [0.2, 0.25) is 0 Å². The van der Waals surface area contributed by atoms with Crippen LogP contribution in [0, 0.1) is 93.2 Å². The van der Waals surface area contributed by atoms with Crippen LogP contribution in [-0.2, 0) is 33.8 Å². The van der Waals surface area contributed by atoms with Crippen LogP contribution < -0.4 is 5.32 Å². The van der Waals surface area contributed by atoms with Gasteiger partial charge in [-0.3, -0.25) is 0 Å². The third-order valence-corrected chi connectivity index (χ3v) is 23.9. The molecule has 12 aliphatic rings. The number of rotatable bonds is 7. The number of carbonyl (C=O) groups is 2. The Morgan fingerprint density at radius 3 is 2.51 bits per heavy atom. The molecule has 0 saturated heterocycles. The summed E-state index contributed by atoms with van der Waals surface area (Å²) in [4.78, 5) is 28.9. The van der Waals surface area contributed by atoms with E-state index in [4.69, 9.17) is 4.74 Å². The quantitative estimate of drug-likeness (QED) is 0.0695. The maximum Gasteiger partial charge on any atom is 0.331 e. The summed E-state index contributed by atoms with van der Waals surface area (Å²) in [6, 6.07) is 16.4. The molecule has 1 aliphatic heterocycles. The Kier molecular flexibility index (Phi) is 11.7. The molecule has 11 aliphatic carbocycles. The molecular weight excluding hydrogens is 899 g/mol. The van der Waals surface area contributed by atoms with Crippen LogP contribution in [0.5, 0.6) is 0 Å². The molecular formula is C63H79NO8. The molecule has 0 radical (unpaired) electrons. The number of esters is 1. The summed E-state index contributed by atoms with van der Waals surface area (Å²) in [5.74, 6) is 6.20. The molecule has 8 fully saturated rings. The lowest BCUT2D eigenvalue weighted by atomic mass is 9.33. The highest BCUT2D eigenvalue weighted by molar-refractivity contribution is 5.86. The zero-order valence-corrected chi connectivity index (χ0v) is 42.5. The van der Waals surface area contributed by atoms with E-state index in [2.05, 4.69) is 59.6 Å². The summed E-state index contributed by atoms with van der Waals surface area (Å²) in [7, 11) is 1.95. The highest BCUT2D eigenvalue weighted by Crippen LogP contribution is 2.79. The van der Waals surface area contributed by atoms with Crippen molar-refractivity contribution in [2.75, 3.05) is 7.05 Å². The topological polar surface area (TPSA) is 157 Å². The summed E-state index contributed by atoms with van der Waals surface area (Å²) in [5, 5.41) is 71.5. The van der Waals surface area contributed by atoms with Gasteiger partial charge in [0.25, 0.3) is 0 Å². The standard InChI is InChI=1S/C63H79NO8/c1-64-52-30-47-41(16-9-18-43(47)35-65)15-7-8-24-59-26-23-53-60(37-66)36-58(25-22-39(32-58)21-20-38-11-3-2-4-12-38)57(68)51-28-42-17-10-19-46(40-13-5-6-14-40)48(42)29-45(63(51,60)71)34-61(53,69)62(59,70)33-44-27-49(52)56-50(55(44)59)31-54(67)72-56/h2-4,9-12,16-18,31,37,39-40,42,44-46,48-49,51-53,55-57,64-65,68-71H,5-6,8,13-14,19-30,32-36H2,1H3/t39-,42-,44+,45+,46+,48-,49+,51-,52+,53-,55-,56+,57-,58-,59-,60+,61+,62-,63+/m1/s1. The van der Waals surface area contributed by atoms with Crippen molar-refractivity contribution in [1.82, 2.24) is 5.32 Å². The van der Waals surface area contributed by atoms with Crippen molar-refractivity contribution in [3.63, 3.8) is 0 Å². The highest BCUT2D eigenvalue weighted by atomic mass is 16.5. The first-order valence-corrected chi connectivity index (χ1v) is 28.7. The number of allylic oxidation sites excluding steroid dienone is 2. The second kappa shape index (κ2) is 17.5. The van der Waals surface area contributed by atoms with Crippen molar-refractivity contribution in [3.05, 3.63) is 94.6 Å². The van der Waals surface area contributed by atoms with Crippen LogP contribution in [0.25, 0.3) is 0 Å². The number of aldehydes is 1. The Labute approximate surface area is 427 Å². The summed E-state index contributed by atoms with van der Waals surface area (Å²) in [5.41, 5.74) is -2.98. The van der Waals surface area contributed by atoms with Crippen molar-refractivity contribution in [2.24, 2.45) is 81.3 Å². The van der Waals surface area contributed by atoms with Gasteiger partial charge in [0.05, 0.1) is 29.3 Å². The minimum Gasteiger partial charge on any atom is -0.454 e. The number of fused-ring (bicyclic) bond motifs is 7. The maximum atomic E-state index is 15.2. The van der Waals surface area contributed by atoms with Gasteiger partial charge < -0.3 is 40.4 Å². The van der Waals surface area contributed by atoms with Crippen molar-refractivity contribution in [2.45, 2.75) is 176 Å². The Hall–Kier alpha value is -3.62. The SMILES string of the molecule is CN[C@H]1Cc2c(cccc2CO)C#CCC[C@]23CC[C@H]4[C@@](O)(C[C@@H]5C[C@@H]6[C@H](C=CC[C@H]6C6CCCC6)C[C@@H]6[C@@H](O)[C@@]7(CC[C@@H](CCc8ccccc8)C7)C[C@@]4(C=O)[C@]56O)[C@@]2(O)C[C@@H]2C[C@@H]1[C@@H]1OC(=O)C=C1[C@@H]23. The molecule has 72 heavy (non-hydrogen) atoms. The number of hydrogen-bond acceptors (Lipinski definition) is 9. The van der Waals surface area contributed by atoms with E-state index >= 15 is 4.79 Å². The lowest BCUT2D eigenvalue weighted by molar-refractivity contribution is -0.355. The zero-order valence-electron chi connectivity index (χ0n) is 42.5. The Morgan fingerprint density at radius 1 is 0.889 bits per heavy atom. The van der Waals surface area contributed by atoms with Gasteiger partial charge >= 0.3 is 5.97 Å². The number of aliphatic hydroxyl groups is 5. The van der Waals surface area contributed by atoms with Gasteiger partial charge in [-0.2, -0.15) is 0 Å². The largest absolute Gasteiger partial charge is 0.454 e. The fourth-order valence-electron chi connectivity index (χ4n) is 21.2. The average Bonchev–Trinajstić information content (AvgIpc) is 4.19. The minimum atomic E-state index is -1.75. The molecule has 2 aromatic rings. The van der Waals surface area contributed by atoms with E-state index in [0.29, 0.717) is 82.0 Å². The van der Waals surface area contributed by atoms with Crippen molar-refractivity contribution in [1.29, 1.82) is 0 Å². The molecule has 0 aromatic heterocycles. The van der Waals surface area contributed by atoms with Crippen LogP contribution >= 0.6 is 0 Å². The van der Waals surface area contributed by atoms with E-state index in [9.17, 15) is 30.3 Å². The smallest absolute Gasteiger partial charge is 0.331 e. The molecule has 14 rings (SSSR count). The molecule has 1 heterocycles. The van der Waals surface area contributed by atoms with Gasteiger partial charge in [0.2, 0.25) is 0 Å². The van der Waals surface area contributed by atoms with E-state index < -0.39 is 63.0 Å². The monoisotopic (exact) mass is 978 g/mol. The molecule has 384 valence electrons. The van der Waals surface area contributed by atoms with Gasteiger partial charge in [-0.15, -0.1) is 0 Å². The van der Waals surface area contributed by atoms with Crippen molar-refractivity contribution >= 4 is 12.3 Å². The molecule has 8 saturated carbocycles. The number of likely N-dealkylation sites (N-methyl/N-ethyl adjacent to an activating group) is 1. The first-order valence-electron chi connectivity index (χ1n) is 28.7. The predicted molar refractivity (Wildman–Crippen MR) is 273 cm³/mol. The van der Waals surface area contributed by atoms with E-state index in [0.717, 1.165) is 67.1 Å². The van der Waals surface area contributed by atoms with E-state index in [-0.39, 0.29) is 54.6 Å². The van der Waals surface area contributed by atoms with Gasteiger partial charge in [0, 0.05) is 47.3 Å². The van der Waals surface area contributed by atoms with Crippen LogP contribution in [0.3, 0.4) is 0 Å². The van der Waals surface area contributed by atoms with Crippen LogP contribution in [0.4, 0.5) is 0 Å². The van der Waals surface area contributed by atoms with Crippen LogP contribution in [0.1, 0.15) is 144 Å². The number of aliphatic hydroxyl groups excluding tert-OH is 2. The third-order valence-electron chi connectivity index (χ3n) is 23.9.